The van der Waals surface area contributed by atoms with Gasteiger partial charge in [0, 0.05) is 31.8 Å². The molecule has 26 heavy (non-hydrogen) atoms. The number of imidazole rings is 1. The number of rotatable bonds is 9. The molecule has 0 fully saturated rings. The lowest BCUT2D eigenvalue weighted by Crippen LogP contribution is -2.35. The monoisotopic (exact) mass is 358 g/mol. The van der Waals surface area contributed by atoms with E-state index in [1.54, 1.807) is 19.4 Å². The summed E-state index contributed by atoms with van der Waals surface area (Å²) in [5.41, 5.74) is 1.82. The molecule has 0 aliphatic carbocycles. The Hall–Kier alpha value is -2.63. The van der Waals surface area contributed by atoms with Gasteiger partial charge in [-0.2, -0.15) is 0 Å². The first-order chi connectivity index (χ1) is 12.5. The summed E-state index contributed by atoms with van der Waals surface area (Å²) in [6.45, 7) is 3.83. The Bertz CT molecular complexity index is 712. The van der Waals surface area contributed by atoms with Gasteiger partial charge in [-0.3, -0.25) is 9.59 Å². The molecule has 2 aromatic rings. The molecule has 0 aliphatic heterocycles. The molecule has 140 valence electrons. The summed E-state index contributed by atoms with van der Waals surface area (Å²) in [4.78, 5) is 28.6. The average molecular weight is 358 g/mol. The van der Waals surface area contributed by atoms with Crippen LogP contribution in [0.15, 0.2) is 42.9 Å². The summed E-state index contributed by atoms with van der Waals surface area (Å²) >= 11 is 0. The minimum absolute atomic E-state index is 0.205. The molecule has 0 radical (unpaired) electrons. The molecule has 1 aromatic heterocycles. The quantitative estimate of drug-likeness (QED) is 0.644. The number of hydrogen-bond donors (Lipinski definition) is 0. The second-order valence-corrected chi connectivity index (χ2v) is 6.19. The third kappa shape index (κ3) is 5.44. The van der Waals surface area contributed by atoms with E-state index in [9.17, 15) is 9.59 Å². The van der Waals surface area contributed by atoms with Gasteiger partial charge >= 0.3 is 11.9 Å². The fourth-order valence-electron chi connectivity index (χ4n) is 2.72. The van der Waals surface area contributed by atoms with E-state index in [-0.39, 0.29) is 25.0 Å². The third-order valence-electron chi connectivity index (χ3n) is 4.31. The van der Waals surface area contributed by atoms with Crippen molar-refractivity contribution in [3.8, 4) is 0 Å². The largest absolute Gasteiger partial charge is 0.461 e. The average Bonchev–Trinajstić information content (AvgIpc) is 3.06. The zero-order valence-electron chi connectivity index (χ0n) is 15.6. The molecule has 0 bridgehead atoms. The van der Waals surface area contributed by atoms with Gasteiger partial charge in [0.2, 0.25) is 0 Å². The Kier molecular flexibility index (Phi) is 7.38. The van der Waals surface area contributed by atoms with Gasteiger partial charge in [-0.25, -0.2) is 4.98 Å². The highest BCUT2D eigenvalue weighted by molar-refractivity contribution is 5.74. The standard InChI is InChI=1S/C20H26N2O4/c1-4-17(20(24)25-13-15-9-7-6-8-10-15)18(26-19(23)5-2)11-16-12-21-14-22(16)3/h6-10,12,14,17-18H,4-5,11,13H2,1-3H3/t17-,18+/m0/s1. The van der Waals surface area contributed by atoms with Crippen molar-refractivity contribution in [2.24, 2.45) is 13.0 Å². The fourth-order valence-corrected chi connectivity index (χ4v) is 2.72. The van der Waals surface area contributed by atoms with Crippen molar-refractivity contribution >= 4 is 11.9 Å². The predicted octanol–water partition coefficient (Wildman–Crippen LogP) is 3.05. The summed E-state index contributed by atoms with van der Waals surface area (Å²) < 4.78 is 12.9. The van der Waals surface area contributed by atoms with E-state index in [1.165, 1.54) is 0 Å². The Morgan fingerprint density at radius 1 is 1.19 bits per heavy atom. The Morgan fingerprint density at radius 3 is 2.50 bits per heavy atom. The number of nitrogens with zero attached hydrogens (tertiary/aromatic N) is 2. The number of aryl methyl sites for hydroxylation is 1. The molecule has 0 N–H and O–H groups in total. The summed E-state index contributed by atoms with van der Waals surface area (Å²) in [5, 5.41) is 0. The van der Waals surface area contributed by atoms with E-state index >= 15 is 0 Å². The van der Waals surface area contributed by atoms with Gasteiger partial charge in [0.05, 0.1) is 12.2 Å². The van der Waals surface area contributed by atoms with Gasteiger partial charge in [-0.15, -0.1) is 0 Å². The molecule has 0 saturated heterocycles. The second-order valence-electron chi connectivity index (χ2n) is 6.19. The van der Waals surface area contributed by atoms with Gasteiger partial charge in [0.25, 0.3) is 0 Å². The van der Waals surface area contributed by atoms with Crippen molar-refractivity contribution in [2.75, 3.05) is 0 Å². The molecule has 6 nitrogen and oxygen atoms in total. The Labute approximate surface area is 154 Å². The number of aromatic nitrogens is 2. The van der Waals surface area contributed by atoms with Crippen LogP contribution in [-0.2, 0) is 39.1 Å². The van der Waals surface area contributed by atoms with E-state index in [0.29, 0.717) is 12.8 Å². The Morgan fingerprint density at radius 2 is 1.92 bits per heavy atom. The summed E-state index contributed by atoms with van der Waals surface area (Å²) in [7, 11) is 1.87. The molecule has 0 spiro atoms. The number of esters is 2. The van der Waals surface area contributed by atoms with E-state index < -0.39 is 12.0 Å². The molecule has 6 heteroatoms. The third-order valence-corrected chi connectivity index (χ3v) is 4.31. The highest BCUT2D eigenvalue weighted by Gasteiger charge is 2.32. The number of carbonyl (C=O) groups excluding carboxylic acids is 2. The van der Waals surface area contributed by atoms with E-state index in [4.69, 9.17) is 9.47 Å². The van der Waals surface area contributed by atoms with Crippen LogP contribution in [0.1, 0.15) is 37.9 Å². The summed E-state index contributed by atoms with van der Waals surface area (Å²) in [6.07, 6.45) is 4.02. The molecular formula is C20H26N2O4. The molecule has 0 aliphatic rings. The highest BCUT2D eigenvalue weighted by atomic mass is 16.6. The van der Waals surface area contributed by atoms with Crippen molar-refractivity contribution in [3.63, 3.8) is 0 Å². The van der Waals surface area contributed by atoms with Crippen molar-refractivity contribution < 1.29 is 19.1 Å². The minimum Gasteiger partial charge on any atom is -0.461 e. The topological polar surface area (TPSA) is 70.4 Å². The first kappa shape index (κ1) is 19.7. The van der Waals surface area contributed by atoms with Crippen molar-refractivity contribution in [1.29, 1.82) is 0 Å². The van der Waals surface area contributed by atoms with Crippen LogP contribution >= 0.6 is 0 Å². The lowest BCUT2D eigenvalue weighted by molar-refractivity contribution is -0.162. The van der Waals surface area contributed by atoms with Crippen LogP contribution in [0, 0.1) is 5.92 Å². The van der Waals surface area contributed by atoms with Gasteiger partial charge in [-0.1, -0.05) is 44.2 Å². The van der Waals surface area contributed by atoms with E-state index in [0.717, 1.165) is 11.3 Å². The lowest BCUT2D eigenvalue weighted by atomic mass is 9.95. The van der Waals surface area contributed by atoms with Crippen molar-refractivity contribution in [1.82, 2.24) is 9.55 Å². The number of carbonyl (C=O) groups is 2. The van der Waals surface area contributed by atoms with Crippen LogP contribution in [0.4, 0.5) is 0 Å². The first-order valence-electron chi connectivity index (χ1n) is 8.90. The molecular weight excluding hydrogens is 332 g/mol. The van der Waals surface area contributed by atoms with Crippen LogP contribution in [-0.4, -0.2) is 27.6 Å². The maximum atomic E-state index is 12.6. The van der Waals surface area contributed by atoms with Crippen molar-refractivity contribution in [2.45, 2.75) is 45.8 Å². The smallest absolute Gasteiger partial charge is 0.313 e. The number of benzene rings is 1. The van der Waals surface area contributed by atoms with E-state index in [1.807, 2.05) is 48.9 Å². The van der Waals surface area contributed by atoms with Crippen LogP contribution in [0.2, 0.25) is 0 Å². The summed E-state index contributed by atoms with van der Waals surface area (Å²) in [5.74, 6) is -1.21. The van der Waals surface area contributed by atoms with Gasteiger partial charge in [0.15, 0.2) is 0 Å². The maximum absolute atomic E-state index is 12.6. The molecule has 2 rings (SSSR count). The fraction of sp³-hybridized carbons (Fsp3) is 0.450. The van der Waals surface area contributed by atoms with Crippen LogP contribution < -0.4 is 0 Å². The highest BCUT2D eigenvalue weighted by Crippen LogP contribution is 2.20. The van der Waals surface area contributed by atoms with Crippen LogP contribution in [0.5, 0.6) is 0 Å². The van der Waals surface area contributed by atoms with E-state index in [2.05, 4.69) is 4.98 Å². The van der Waals surface area contributed by atoms with Gasteiger partial charge in [0.1, 0.15) is 12.7 Å². The van der Waals surface area contributed by atoms with Crippen LogP contribution in [0.25, 0.3) is 0 Å². The maximum Gasteiger partial charge on any atom is 0.313 e. The molecule has 0 unspecified atom stereocenters. The second kappa shape index (κ2) is 9.75. The Balaban J connectivity index is 2.09. The van der Waals surface area contributed by atoms with Gasteiger partial charge < -0.3 is 14.0 Å². The molecule has 1 heterocycles. The number of ether oxygens (including phenoxy) is 2. The zero-order chi connectivity index (χ0) is 18.9. The molecule has 0 saturated carbocycles. The summed E-state index contributed by atoms with van der Waals surface area (Å²) in [6, 6.07) is 9.51. The zero-order valence-corrected chi connectivity index (χ0v) is 15.6. The molecule has 1 aromatic carbocycles. The molecule has 0 amide bonds. The first-order valence-corrected chi connectivity index (χ1v) is 8.90. The van der Waals surface area contributed by atoms with Crippen molar-refractivity contribution in [3.05, 3.63) is 54.1 Å². The molecule has 2 atom stereocenters. The predicted molar refractivity (Wildman–Crippen MR) is 97.1 cm³/mol. The van der Waals surface area contributed by atoms with Gasteiger partial charge in [-0.05, 0) is 12.0 Å². The van der Waals surface area contributed by atoms with Crippen LogP contribution in [0.3, 0.4) is 0 Å². The normalized spacial score (nSPS) is 13.0. The minimum atomic E-state index is -0.578. The lowest BCUT2D eigenvalue weighted by Gasteiger charge is -2.25. The SMILES string of the molecule is CCC(=O)O[C@H](Cc1cncn1C)[C@H](CC)C(=O)OCc1ccccc1. The number of hydrogen-bond acceptors (Lipinski definition) is 5.